The standard InChI is InChI=1S/C24H18BrF2N3O3.C2H6/c1-13(15-4-8-18(27)9-5-15)29-23(32)20-21(31)19-10-16(25)11-28-22(19)30(24(20)33)12-14-2-6-17(26)7-3-14;1-2/h2-11,13,31H,12H2,1H3,(H,29,32);1-2H3. The van der Waals surface area contributed by atoms with Crippen LogP contribution in [0, 0.1) is 11.6 Å². The lowest BCUT2D eigenvalue weighted by Gasteiger charge is -2.17. The molecule has 0 bridgehead atoms. The fourth-order valence-electron chi connectivity index (χ4n) is 3.52. The summed E-state index contributed by atoms with van der Waals surface area (Å²) < 4.78 is 28.3. The number of carbonyl (C=O) groups excluding carboxylic acids is 1. The van der Waals surface area contributed by atoms with Crippen LogP contribution in [0.2, 0.25) is 0 Å². The lowest BCUT2D eigenvalue weighted by atomic mass is 10.1. The lowest BCUT2D eigenvalue weighted by Crippen LogP contribution is -2.35. The molecular weight excluding hydrogens is 520 g/mol. The van der Waals surface area contributed by atoms with E-state index in [2.05, 4.69) is 26.2 Å². The van der Waals surface area contributed by atoms with E-state index in [1.165, 1.54) is 59.3 Å². The van der Waals surface area contributed by atoms with Crippen LogP contribution in [0.1, 0.15) is 48.3 Å². The Morgan fingerprint density at radius 3 is 2.26 bits per heavy atom. The molecule has 0 saturated heterocycles. The van der Waals surface area contributed by atoms with Gasteiger partial charge in [-0.15, -0.1) is 0 Å². The smallest absolute Gasteiger partial charge is 0.269 e. The van der Waals surface area contributed by atoms with Crippen LogP contribution in [0.15, 0.2) is 70.1 Å². The lowest BCUT2D eigenvalue weighted by molar-refractivity contribution is 0.0935. The fourth-order valence-corrected chi connectivity index (χ4v) is 3.85. The topological polar surface area (TPSA) is 84.2 Å². The Morgan fingerprint density at radius 1 is 1.09 bits per heavy atom. The number of hydrogen-bond acceptors (Lipinski definition) is 4. The first-order valence-electron chi connectivity index (χ1n) is 11.0. The number of hydrogen-bond donors (Lipinski definition) is 2. The third-order valence-corrected chi connectivity index (χ3v) is 5.67. The van der Waals surface area contributed by atoms with Crippen LogP contribution in [0.25, 0.3) is 11.0 Å². The zero-order valence-electron chi connectivity index (χ0n) is 19.3. The molecule has 2 heterocycles. The molecule has 6 nitrogen and oxygen atoms in total. The maximum absolute atomic E-state index is 13.3. The molecule has 0 aliphatic rings. The van der Waals surface area contributed by atoms with Gasteiger partial charge in [0.05, 0.1) is 18.0 Å². The van der Waals surface area contributed by atoms with E-state index in [0.717, 1.165) is 0 Å². The zero-order chi connectivity index (χ0) is 25.7. The third-order valence-electron chi connectivity index (χ3n) is 5.24. The van der Waals surface area contributed by atoms with E-state index in [9.17, 15) is 23.5 Å². The number of nitrogens with zero attached hydrogens (tertiary/aromatic N) is 2. The van der Waals surface area contributed by atoms with E-state index >= 15 is 0 Å². The maximum Gasteiger partial charge on any atom is 0.269 e. The largest absolute Gasteiger partial charge is 0.506 e. The van der Waals surface area contributed by atoms with Gasteiger partial charge in [0, 0.05) is 10.7 Å². The Labute approximate surface area is 209 Å². The van der Waals surface area contributed by atoms with Gasteiger partial charge in [0.1, 0.15) is 28.6 Å². The molecule has 1 amide bonds. The van der Waals surface area contributed by atoms with Crippen molar-refractivity contribution in [1.29, 1.82) is 0 Å². The molecule has 1 atom stereocenters. The molecule has 4 aromatic rings. The number of rotatable bonds is 5. The number of fused-ring (bicyclic) bond motifs is 1. The van der Waals surface area contributed by atoms with Crippen LogP contribution in [0.4, 0.5) is 8.78 Å². The van der Waals surface area contributed by atoms with E-state index in [4.69, 9.17) is 0 Å². The van der Waals surface area contributed by atoms with Crippen molar-refractivity contribution in [1.82, 2.24) is 14.9 Å². The summed E-state index contributed by atoms with van der Waals surface area (Å²) in [7, 11) is 0. The van der Waals surface area contributed by atoms with Crippen LogP contribution in [-0.2, 0) is 6.54 Å². The average Bonchev–Trinajstić information content (AvgIpc) is 2.85. The van der Waals surface area contributed by atoms with E-state index in [0.29, 0.717) is 15.6 Å². The monoisotopic (exact) mass is 543 g/mol. The highest BCUT2D eigenvalue weighted by molar-refractivity contribution is 9.10. The first kappa shape index (κ1) is 26.0. The van der Waals surface area contributed by atoms with Crippen molar-refractivity contribution in [2.24, 2.45) is 0 Å². The summed E-state index contributed by atoms with van der Waals surface area (Å²) in [5, 5.41) is 13.7. The summed E-state index contributed by atoms with van der Waals surface area (Å²) in [6.07, 6.45) is 1.47. The second kappa shape index (κ2) is 11.2. The Kier molecular flexibility index (Phi) is 8.34. The van der Waals surface area contributed by atoms with Gasteiger partial charge in [-0.1, -0.05) is 38.1 Å². The summed E-state index contributed by atoms with van der Waals surface area (Å²) in [5.41, 5.74) is 0.219. The van der Waals surface area contributed by atoms with Crippen LogP contribution < -0.4 is 10.9 Å². The van der Waals surface area contributed by atoms with E-state index < -0.39 is 40.5 Å². The van der Waals surface area contributed by atoms with Crippen molar-refractivity contribution in [2.75, 3.05) is 0 Å². The number of pyridine rings is 2. The van der Waals surface area contributed by atoms with E-state index in [1.807, 2.05) is 13.8 Å². The van der Waals surface area contributed by atoms with Crippen molar-refractivity contribution >= 4 is 32.9 Å². The van der Waals surface area contributed by atoms with Gasteiger partial charge in [0.25, 0.3) is 11.5 Å². The molecule has 9 heteroatoms. The van der Waals surface area contributed by atoms with Crippen LogP contribution in [-0.4, -0.2) is 20.6 Å². The van der Waals surface area contributed by atoms with Gasteiger partial charge in [-0.25, -0.2) is 13.8 Å². The van der Waals surface area contributed by atoms with Gasteiger partial charge >= 0.3 is 0 Å². The minimum Gasteiger partial charge on any atom is -0.506 e. The van der Waals surface area contributed by atoms with Gasteiger partial charge in [-0.05, 0) is 64.3 Å². The molecule has 0 fully saturated rings. The Morgan fingerprint density at radius 2 is 1.66 bits per heavy atom. The van der Waals surface area contributed by atoms with Crippen molar-refractivity contribution in [3.05, 3.63) is 104 Å². The van der Waals surface area contributed by atoms with Crippen molar-refractivity contribution in [2.45, 2.75) is 33.4 Å². The van der Waals surface area contributed by atoms with Gasteiger partial charge in [-0.2, -0.15) is 0 Å². The first-order valence-corrected chi connectivity index (χ1v) is 11.8. The number of aromatic hydroxyl groups is 1. The molecule has 0 aliphatic heterocycles. The van der Waals surface area contributed by atoms with Gasteiger partial charge < -0.3 is 10.4 Å². The third kappa shape index (κ3) is 5.74. The predicted octanol–water partition coefficient (Wildman–Crippen LogP) is 5.71. The second-order valence-electron chi connectivity index (χ2n) is 7.51. The van der Waals surface area contributed by atoms with E-state index in [1.54, 1.807) is 13.0 Å². The Hall–Kier alpha value is -3.59. The minimum absolute atomic E-state index is 0.0122. The average molecular weight is 544 g/mol. The number of nitrogens with one attached hydrogen (secondary N) is 1. The molecule has 0 spiro atoms. The highest BCUT2D eigenvalue weighted by Crippen LogP contribution is 2.28. The Bertz CT molecular complexity index is 1410. The molecule has 35 heavy (non-hydrogen) atoms. The molecule has 2 N–H and O–H groups in total. The summed E-state index contributed by atoms with van der Waals surface area (Å²) in [6.45, 7) is 5.69. The summed E-state index contributed by atoms with van der Waals surface area (Å²) in [4.78, 5) is 30.7. The SMILES string of the molecule is CC.CC(NC(=O)c1c(O)c2cc(Br)cnc2n(Cc2ccc(F)cc2)c1=O)c1ccc(F)cc1. The number of benzene rings is 2. The van der Waals surface area contributed by atoms with Crippen LogP contribution in [0.3, 0.4) is 0 Å². The normalized spacial score (nSPS) is 11.5. The number of carbonyl (C=O) groups is 1. The highest BCUT2D eigenvalue weighted by atomic mass is 79.9. The highest BCUT2D eigenvalue weighted by Gasteiger charge is 2.24. The summed E-state index contributed by atoms with van der Waals surface area (Å²) in [6, 6.07) is 12.2. The van der Waals surface area contributed by atoms with Crippen molar-refractivity contribution < 1.29 is 18.7 Å². The molecule has 2 aromatic heterocycles. The molecular formula is C26H24BrF2N3O3. The molecule has 182 valence electrons. The zero-order valence-corrected chi connectivity index (χ0v) is 20.9. The summed E-state index contributed by atoms with van der Waals surface area (Å²) in [5.74, 6) is -2.11. The molecule has 0 aliphatic carbocycles. The Balaban J connectivity index is 0.00000167. The molecule has 2 aromatic carbocycles. The summed E-state index contributed by atoms with van der Waals surface area (Å²) >= 11 is 3.29. The van der Waals surface area contributed by atoms with Crippen molar-refractivity contribution in [3.63, 3.8) is 0 Å². The first-order chi connectivity index (χ1) is 16.7. The van der Waals surface area contributed by atoms with Gasteiger partial charge in [0.15, 0.2) is 0 Å². The fraction of sp³-hybridized carbons (Fsp3) is 0.192. The molecule has 0 saturated carbocycles. The molecule has 0 radical (unpaired) electrons. The molecule has 4 rings (SSSR count). The van der Waals surface area contributed by atoms with E-state index in [-0.39, 0.29) is 17.6 Å². The van der Waals surface area contributed by atoms with Crippen LogP contribution >= 0.6 is 15.9 Å². The minimum atomic E-state index is -0.788. The van der Waals surface area contributed by atoms with Crippen molar-refractivity contribution in [3.8, 4) is 5.75 Å². The van der Waals surface area contributed by atoms with Gasteiger partial charge in [-0.3, -0.25) is 14.2 Å². The predicted molar refractivity (Wildman–Crippen MR) is 134 cm³/mol. The number of halogens is 3. The van der Waals surface area contributed by atoms with Crippen LogP contribution in [0.5, 0.6) is 5.75 Å². The maximum atomic E-state index is 13.3. The number of amides is 1. The quantitative estimate of drug-likeness (QED) is 0.337. The second-order valence-corrected chi connectivity index (χ2v) is 8.43. The van der Waals surface area contributed by atoms with Gasteiger partial charge in [0.2, 0.25) is 0 Å². The molecule has 1 unspecified atom stereocenters. The number of aromatic nitrogens is 2.